The minimum Gasteiger partial charge on any atom is -0.315 e. The van der Waals surface area contributed by atoms with E-state index in [2.05, 4.69) is 38.0 Å². The van der Waals surface area contributed by atoms with Crippen molar-refractivity contribution in [1.82, 2.24) is 10.2 Å². The van der Waals surface area contributed by atoms with Crippen LogP contribution in [0.5, 0.6) is 0 Å². The average molecular weight is 226 g/mol. The van der Waals surface area contributed by atoms with E-state index >= 15 is 0 Å². The van der Waals surface area contributed by atoms with Gasteiger partial charge in [-0.2, -0.15) is 0 Å². The highest BCUT2D eigenvalue weighted by atomic mass is 15.2. The average Bonchev–Trinajstić information content (AvgIpc) is 2.31. The lowest BCUT2D eigenvalue weighted by molar-refractivity contribution is 0.0600. The molecule has 1 fully saturated rings. The molecule has 0 amide bonds. The van der Waals surface area contributed by atoms with Crippen molar-refractivity contribution < 1.29 is 0 Å². The Bertz CT molecular complexity index is 183. The van der Waals surface area contributed by atoms with Crippen LogP contribution in [0.4, 0.5) is 0 Å². The second kappa shape index (κ2) is 6.61. The molecular weight excluding hydrogens is 196 g/mol. The first-order valence-corrected chi connectivity index (χ1v) is 7.05. The molecule has 0 spiro atoms. The van der Waals surface area contributed by atoms with Crippen molar-refractivity contribution in [2.75, 3.05) is 20.1 Å². The molecule has 0 aromatic rings. The van der Waals surface area contributed by atoms with Gasteiger partial charge in [0.05, 0.1) is 0 Å². The molecular formula is C14H30N2. The van der Waals surface area contributed by atoms with Gasteiger partial charge in [0.25, 0.3) is 0 Å². The summed E-state index contributed by atoms with van der Waals surface area (Å²) in [6.45, 7) is 9.68. The van der Waals surface area contributed by atoms with Crippen molar-refractivity contribution in [3.63, 3.8) is 0 Å². The van der Waals surface area contributed by atoms with Crippen LogP contribution in [0.2, 0.25) is 0 Å². The SMILES string of the molecule is CCCCC(NC)C(C)(C)N1CCCCC1. The molecule has 0 aliphatic carbocycles. The Morgan fingerprint density at radius 1 is 1.19 bits per heavy atom. The standard InChI is InChI=1S/C14H30N2/c1-5-6-10-13(15-4)14(2,3)16-11-8-7-9-12-16/h13,15H,5-12H2,1-4H3. The number of hydrogen-bond donors (Lipinski definition) is 1. The van der Waals surface area contributed by atoms with Crippen molar-refractivity contribution >= 4 is 0 Å². The lowest BCUT2D eigenvalue weighted by atomic mass is 9.87. The van der Waals surface area contributed by atoms with Crippen molar-refractivity contribution in [2.45, 2.75) is 70.9 Å². The molecule has 0 aromatic carbocycles. The Labute approximate surface area is 102 Å². The van der Waals surface area contributed by atoms with Gasteiger partial charge in [0.2, 0.25) is 0 Å². The first kappa shape index (κ1) is 14.0. The van der Waals surface area contributed by atoms with Gasteiger partial charge in [-0.25, -0.2) is 0 Å². The molecule has 1 heterocycles. The van der Waals surface area contributed by atoms with E-state index in [0.717, 1.165) is 0 Å². The number of unbranched alkanes of at least 4 members (excludes halogenated alkanes) is 1. The number of rotatable bonds is 6. The first-order chi connectivity index (χ1) is 7.62. The number of hydrogen-bond acceptors (Lipinski definition) is 2. The first-order valence-electron chi connectivity index (χ1n) is 7.05. The molecule has 1 saturated heterocycles. The Balaban J connectivity index is 2.56. The summed E-state index contributed by atoms with van der Waals surface area (Å²) in [7, 11) is 2.12. The van der Waals surface area contributed by atoms with Crippen molar-refractivity contribution in [3.8, 4) is 0 Å². The molecule has 1 unspecified atom stereocenters. The molecule has 1 aliphatic rings. The number of likely N-dealkylation sites (tertiary alicyclic amines) is 1. The number of piperidine rings is 1. The molecule has 16 heavy (non-hydrogen) atoms. The zero-order valence-corrected chi connectivity index (χ0v) is 11.7. The minimum absolute atomic E-state index is 0.310. The normalized spacial score (nSPS) is 21.0. The topological polar surface area (TPSA) is 15.3 Å². The maximum atomic E-state index is 3.53. The molecule has 2 heteroatoms. The van der Waals surface area contributed by atoms with E-state index < -0.39 is 0 Å². The van der Waals surface area contributed by atoms with Crippen molar-refractivity contribution in [1.29, 1.82) is 0 Å². The maximum Gasteiger partial charge on any atom is 0.0306 e. The summed E-state index contributed by atoms with van der Waals surface area (Å²) in [5.41, 5.74) is 0.310. The summed E-state index contributed by atoms with van der Waals surface area (Å²) >= 11 is 0. The lowest BCUT2D eigenvalue weighted by Crippen LogP contribution is -2.58. The Morgan fingerprint density at radius 3 is 2.31 bits per heavy atom. The summed E-state index contributed by atoms with van der Waals surface area (Å²) in [5.74, 6) is 0. The smallest absolute Gasteiger partial charge is 0.0306 e. The Kier molecular flexibility index (Phi) is 5.77. The zero-order chi connectivity index (χ0) is 12.0. The van der Waals surface area contributed by atoms with Crippen LogP contribution in [0, 0.1) is 0 Å². The summed E-state index contributed by atoms with van der Waals surface area (Å²) in [6.07, 6.45) is 8.13. The van der Waals surface area contributed by atoms with Crippen LogP contribution in [0.15, 0.2) is 0 Å². The van der Waals surface area contributed by atoms with Gasteiger partial charge in [-0.05, 0) is 53.2 Å². The third kappa shape index (κ3) is 3.46. The van der Waals surface area contributed by atoms with Crippen LogP contribution in [0.1, 0.15) is 59.3 Å². The second-order valence-electron chi connectivity index (χ2n) is 5.68. The molecule has 2 nitrogen and oxygen atoms in total. The Morgan fingerprint density at radius 2 is 1.81 bits per heavy atom. The molecule has 0 aromatic heterocycles. The summed E-state index contributed by atoms with van der Waals surface area (Å²) in [6, 6.07) is 0.630. The van der Waals surface area contributed by atoms with Gasteiger partial charge in [0.15, 0.2) is 0 Å². The summed E-state index contributed by atoms with van der Waals surface area (Å²) < 4.78 is 0. The van der Waals surface area contributed by atoms with E-state index in [9.17, 15) is 0 Å². The highest BCUT2D eigenvalue weighted by molar-refractivity contribution is 4.93. The van der Waals surface area contributed by atoms with Gasteiger partial charge in [-0.15, -0.1) is 0 Å². The van der Waals surface area contributed by atoms with Crippen LogP contribution in [0.3, 0.4) is 0 Å². The molecule has 0 radical (unpaired) electrons. The van der Waals surface area contributed by atoms with Gasteiger partial charge in [-0.1, -0.05) is 26.2 Å². The van der Waals surface area contributed by atoms with Gasteiger partial charge in [0.1, 0.15) is 0 Å². The van der Waals surface area contributed by atoms with Crippen molar-refractivity contribution in [3.05, 3.63) is 0 Å². The molecule has 1 aliphatic heterocycles. The summed E-state index contributed by atoms with van der Waals surface area (Å²) in [5, 5.41) is 3.53. The predicted octanol–water partition coefficient (Wildman–Crippen LogP) is 3.03. The molecule has 96 valence electrons. The van der Waals surface area contributed by atoms with E-state index in [1.165, 1.54) is 51.6 Å². The number of nitrogens with one attached hydrogen (secondary N) is 1. The maximum absolute atomic E-state index is 3.53. The van der Waals surface area contributed by atoms with Crippen molar-refractivity contribution in [2.24, 2.45) is 0 Å². The lowest BCUT2D eigenvalue weighted by Gasteiger charge is -2.46. The highest BCUT2D eigenvalue weighted by Gasteiger charge is 2.34. The van der Waals surface area contributed by atoms with E-state index in [-0.39, 0.29) is 0 Å². The molecule has 1 atom stereocenters. The minimum atomic E-state index is 0.310. The van der Waals surface area contributed by atoms with Crippen LogP contribution < -0.4 is 5.32 Å². The Hall–Kier alpha value is -0.0800. The second-order valence-corrected chi connectivity index (χ2v) is 5.68. The monoisotopic (exact) mass is 226 g/mol. The fraction of sp³-hybridized carbons (Fsp3) is 1.00. The van der Waals surface area contributed by atoms with Crippen LogP contribution in [-0.2, 0) is 0 Å². The quantitative estimate of drug-likeness (QED) is 0.749. The van der Waals surface area contributed by atoms with Gasteiger partial charge in [-0.3, -0.25) is 4.90 Å². The fourth-order valence-corrected chi connectivity index (χ4v) is 2.95. The third-order valence-corrected chi connectivity index (χ3v) is 4.22. The molecule has 0 saturated carbocycles. The van der Waals surface area contributed by atoms with E-state index in [4.69, 9.17) is 0 Å². The third-order valence-electron chi connectivity index (χ3n) is 4.22. The number of likely N-dealkylation sites (N-methyl/N-ethyl adjacent to an activating group) is 1. The van der Waals surface area contributed by atoms with E-state index in [1.54, 1.807) is 0 Å². The van der Waals surface area contributed by atoms with Crippen LogP contribution >= 0.6 is 0 Å². The summed E-state index contributed by atoms with van der Waals surface area (Å²) in [4.78, 5) is 2.69. The molecule has 1 N–H and O–H groups in total. The van der Waals surface area contributed by atoms with Gasteiger partial charge >= 0.3 is 0 Å². The largest absolute Gasteiger partial charge is 0.315 e. The molecule has 0 bridgehead atoms. The van der Waals surface area contributed by atoms with Gasteiger partial charge in [0, 0.05) is 11.6 Å². The van der Waals surface area contributed by atoms with E-state index in [0.29, 0.717) is 11.6 Å². The number of nitrogens with zero attached hydrogens (tertiary/aromatic N) is 1. The fourth-order valence-electron chi connectivity index (χ4n) is 2.95. The molecule has 1 rings (SSSR count). The van der Waals surface area contributed by atoms with Gasteiger partial charge < -0.3 is 5.32 Å². The highest BCUT2D eigenvalue weighted by Crippen LogP contribution is 2.26. The van der Waals surface area contributed by atoms with E-state index in [1.807, 2.05) is 0 Å². The van der Waals surface area contributed by atoms with Crippen LogP contribution in [-0.4, -0.2) is 36.6 Å². The predicted molar refractivity (Wildman–Crippen MR) is 71.9 cm³/mol. The van der Waals surface area contributed by atoms with Crippen LogP contribution in [0.25, 0.3) is 0 Å². The zero-order valence-electron chi connectivity index (χ0n) is 11.7.